The van der Waals surface area contributed by atoms with E-state index in [1.165, 1.54) is 19.3 Å². The number of carbonyl (C=O) groups excluding carboxylic acids is 1. The molecular weight excluding hydrogens is 260 g/mol. The molecule has 0 bridgehead atoms. The van der Waals surface area contributed by atoms with Gasteiger partial charge in [0, 0.05) is 23.8 Å². The summed E-state index contributed by atoms with van der Waals surface area (Å²) in [5.41, 5.74) is 3.04. The van der Waals surface area contributed by atoms with Crippen molar-refractivity contribution in [2.24, 2.45) is 11.8 Å². The van der Waals surface area contributed by atoms with Crippen LogP contribution in [0, 0.1) is 18.8 Å². The van der Waals surface area contributed by atoms with Crippen LogP contribution in [-0.4, -0.2) is 18.5 Å². The molecule has 2 rings (SSSR count). The molecule has 0 aliphatic heterocycles. The molecule has 116 valence electrons. The van der Waals surface area contributed by atoms with Gasteiger partial charge in [-0.1, -0.05) is 26.7 Å². The van der Waals surface area contributed by atoms with Crippen LogP contribution < -0.4 is 10.6 Å². The van der Waals surface area contributed by atoms with Crippen LogP contribution in [0.25, 0.3) is 0 Å². The highest BCUT2D eigenvalue weighted by atomic mass is 16.1. The Morgan fingerprint density at radius 2 is 2.05 bits per heavy atom. The second-order valence-electron chi connectivity index (χ2n) is 6.41. The molecule has 0 spiro atoms. The second-order valence-corrected chi connectivity index (χ2v) is 6.41. The van der Waals surface area contributed by atoms with Gasteiger partial charge in [0.15, 0.2) is 0 Å². The fraction of sp³-hybridized carbons (Fsp3) is 0.611. The van der Waals surface area contributed by atoms with Crippen LogP contribution in [0.4, 0.5) is 5.69 Å². The van der Waals surface area contributed by atoms with E-state index in [1.54, 1.807) is 0 Å². The molecule has 1 fully saturated rings. The van der Waals surface area contributed by atoms with E-state index in [0.717, 1.165) is 22.7 Å². The van der Waals surface area contributed by atoms with Crippen molar-refractivity contribution in [1.82, 2.24) is 5.32 Å². The zero-order valence-electron chi connectivity index (χ0n) is 13.7. The molecule has 3 atom stereocenters. The molecule has 0 heterocycles. The lowest BCUT2D eigenvalue weighted by molar-refractivity contribution is 0.0956. The van der Waals surface area contributed by atoms with E-state index in [1.807, 2.05) is 25.1 Å². The Labute approximate surface area is 128 Å². The first-order valence-corrected chi connectivity index (χ1v) is 8.18. The quantitative estimate of drug-likeness (QED) is 0.880. The summed E-state index contributed by atoms with van der Waals surface area (Å²) in [4.78, 5) is 11.9. The monoisotopic (exact) mass is 288 g/mol. The van der Waals surface area contributed by atoms with Gasteiger partial charge >= 0.3 is 0 Å². The Bertz CT molecular complexity index is 498. The molecular formula is C18H28N2O. The molecule has 1 aromatic carbocycles. The van der Waals surface area contributed by atoms with E-state index in [0.29, 0.717) is 18.5 Å². The molecule has 0 radical (unpaired) electrons. The second kappa shape index (κ2) is 6.97. The van der Waals surface area contributed by atoms with Gasteiger partial charge in [0.2, 0.25) is 0 Å². The number of anilines is 1. The van der Waals surface area contributed by atoms with Crippen molar-refractivity contribution >= 4 is 11.6 Å². The molecule has 1 amide bonds. The summed E-state index contributed by atoms with van der Waals surface area (Å²) in [6.07, 6.45) is 3.89. The lowest BCUT2D eigenvalue weighted by atomic mass is 9.78. The summed E-state index contributed by atoms with van der Waals surface area (Å²) >= 11 is 0. The number of rotatable bonds is 4. The molecule has 3 nitrogen and oxygen atoms in total. The lowest BCUT2D eigenvalue weighted by Crippen LogP contribution is -2.35. The Balaban J connectivity index is 2.09. The summed E-state index contributed by atoms with van der Waals surface area (Å²) in [5, 5.41) is 6.54. The van der Waals surface area contributed by atoms with Gasteiger partial charge in [-0.25, -0.2) is 0 Å². The highest BCUT2D eigenvalue weighted by Crippen LogP contribution is 2.32. The number of aryl methyl sites for hydroxylation is 1. The Hall–Kier alpha value is -1.51. The minimum absolute atomic E-state index is 0.00630. The van der Waals surface area contributed by atoms with Crippen LogP contribution in [0.15, 0.2) is 18.2 Å². The summed E-state index contributed by atoms with van der Waals surface area (Å²) in [6, 6.07) is 6.48. The summed E-state index contributed by atoms with van der Waals surface area (Å²) < 4.78 is 0. The van der Waals surface area contributed by atoms with Crippen molar-refractivity contribution in [3.63, 3.8) is 0 Å². The largest absolute Gasteiger partial charge is 0.382 e. The maximum atomic E-state index is 11.9. The van der Waals surface area contributed by atoms with Crippen molar-refractivity contribution in [3.05, 3.63) is 29.3 Å². The van der Waals surface area contributed by atoms with Crippen molar-refractivity contribution in [2.45, 2.75) is 53.0 Å². The number of hydrogen-bond donors (Lipinski definition) is 2. The Morgan fingerprint density at radius 1 is 1.29 bits per heavy atom. The predicted molar refractivity (Wildman–Crippen MR) is 88.8 cm³/mol. The van der Waals surface area contributed by atoms with Crippen LogP contribution in [0.3, 0.4) is 0 Å². The fourth-order valence-electron chi connectivity index (χ4n) is 3.21. The molecule has 1 aromatic rings. The zero-order valence-corrected chi connectivity index (χ0v) is 13.7. The Kier molecular flexibility index (Phi) is 5.27. The topological polar surface area (TPSA) is 41.1 Å². The number of hydrogen-bond acceptors (Lipinski definition) is 2. The molecule has 21 heavy (non-hydrogen) atoms. The van der Waals surface area contributed by atoms with Crippen LogP contribution in [0.1, 0.15) is 56.0 Å². The van der Waals surface area contributed by atoms with E-state index in [2.05, 4.69) is 31.4 Å². The van der Waals surface area contributed by atoms with E-state index < -0.39 is 0 Å². The first-order chi connectivity index (χ1) is 10.0. The first-order valence-electron chi connectivity index (χ1n) is 8.18. The third-order valence-corrected chi connectivity index (χ3v) is 4.87. The molecule has 1 saturated carbocycles. The van der Waals surface area contributed by atoms with Crippen molar-refractivity contribution < 1.29 is 4.79 Å². The van der Waals surface area contributed by atoms with Crippen LogP contribution in [0.5, 0.6) is 0 Å². The van der Waals surface area contributed by atoms with Gasteiger partial charge in [-0.15, -0.1) is 0 Å². The maximum Gasteiger partial charge on any atom is 0.251 e. The zero-order chi connectivity index (χ0) is 15.4. The normalized spacial score (nSPS) is 25.4. The molecule has 1 aliphatic rings. The minimum atomic E-state index is 0.00630. The van der Waals surface area contributed by atoms with E-state index in [-0.39, 0.29) is 5.91 Å². The highest BCUT2D eigenvalue weighted by molar-refractivity contribution is 5.94. The van der Waals surface area contributed by atoms with Crippen LogP contribution in [-0.2, 0) is 0 Å². The number of carbonyl (C=O) groups is 1. The molecule has 0 aromatic heterocycles. The first kappa shape index (κ1) is 15.9. The average Bonchev–Trinajstić information content (AvgIpc) is 2.46. The lowest BCUT2D eigenvalue weighted by Gasteiger charge is -2.35. The predicted octanol–water partition coefficient (Wildman–Crippen LogP) is 3.98. The van der Waals surface area contributed by atoms with Crippen LogP contribution >= 0.6 is 0 Å². The van der Waals surface area contributed by atoms with Crippen molar-refractivity contribution in [3.8, 4) is 0 Å². The van der Waals surface area contributed by atoms with Crippen molar-refractivity contribution in [2.75, 3.05) is 11.9 Å². The van der Waals surface area contributed by atoms with Crippen molar-refractivity contribution in [1.29, 1.82) is 0 Å². The van der Waals surface area contributed by atoms with Gasteiger partial charge in [0.1, 0.15) is 0 Å². The molecule has 3 heteroatoms. The van der Waals surface area contributed by atoms with Gasteiger partial charge in [0.05, 0.1) is 0 Å². The standard InChI is InChI=1S/C18H28N2O/c1-5-19-18(21)15-9-10-16(13(3)11-15)20-17-8-6-7-12(2)14(17)4/h9-12,14,17,20H,5-8H2,1-4H3,(H,19,21). The molecule has 0 saturated heterocycles. The number of amides is 1. The summed E-state index contributed by atoms with van der Waals surface area (Å²) in [7, 11) is 0. The molecule has 3 unspecified atom stereocenters. The molecule has 2 N–H and O–H groups in total. The van der Waals surface area contributed by atoms with Gasteiger partial charge in [0.25, 0.3) is 5.91 Å². The van der Waals surface area contributed by atoms with E-state index >= 15 is 0 Å². The third kappa shape index (κ3) is 3.78. The SMILES string of the molecule is CCNC(=O)c1ccc(NC2CCCC(C)C2C)c(C)c1. The van der Waals surface area contributed by atoms with Gasteiger partial charge in [-0.3, -0.25) is 4.79 Å². The van der Waals surface area contributed by atoms with Gasteiger partial charge in [-0.2, -0.15) is 0 Å². The van der Waals surface area contributed by atoms with Crippen LogP contribution in [0.2, 0.25) is 0 Å². The number of benzene rings is 1. The fourth-order valence-corrected chi connectivity index (χ4v) is 3.21. The number of nitrogens with one attached hydrogen (secondary N) is 2. The summed E-state index contributed by atoms with van der Waals surface area (Å²) in [5.74, 6) is 1.49. The smallest absolute Gasteiger partial charge is 0.251 e. The molecule has 1 aliphatic carbocycles. The van der Waals surface area contributed by atoms with Gasteiger partial charge < -0.3 is 10.6 Å². The minimum Gasteiger partial charge on any atom is -0.382 e. The highest BCUT2D eigenvalue weighted by Gasteiger charge is 2.27. The maximum absolute atomic E-state index is 11.9. The average molecular weight is 288 g/mol. The van der Waals surface area contributed by atoms with E-state index in [9.17, 15) is 4.79 Å². The van der Waals surface area contributed by atoms with Gasteiger partial charge in [-0.05, 0) is 55.9 Å². The summed E-state index contributed by atoms with van der Waals surface area (Å²) in [6.45, 7) is 9.37. The third-order valence-electron chi connectivity index (χ3n) is 4.87. The van der Waals surface area contributed by atoms with E-state index in [4.69, 9.17) is 0 Å². The Morgan fingerprint density at radius 3 is 2.71 bits per heavy atom.